The molecule has 6 nitrogen and oxygen atoms in total. The van der Waals surface area contributed by atoms with Gasteiger partial charge in [0.2, 0.25) is 0 Å². The topological polar surface area (TPSA) is 62.8 Å². The highest BCUT2D eigenvalue weighted by Crippen LogP contribution is 2.17. The van der Waals surface area contributed by atoms with Crippen molar-refractivity contribution in [2.75, 3.05) is 39.5 Å². The second-order valence-corrected chi connectivity index (χ2v) is 6.69. The largest absolute Gasteiger partial charge is 0.489 e. The van der Waals surface area contributed by atoms with Crippen LogP contribution in [0.1, 0.15) is 11.1 Å². The molecule has 2 amide bonds. The Morgan fingerprint density at radius 2 is 1.83 bits per heavy atom. The van der Waals surface area contributed by atoms with E-state index in [0.717, 1.165) is 50.5 Å². The average molecular weight is 405 g/mol. The molecule has 0 aliphatic carbocycles. The Hall–Kier alpha value is -2.71. The first-order valence-corrected chi connectivity index (χ1v) is 9.58. The van der Waals surface area contributed by atoms with E-state index < -0.39 is 11.6 Å². The molecule has 1 aliphatic heterocycles. The minimum absolute atomic E-state index is 0.0503. The van der Waals surface area contributed by atoms with Crippen LogP contribution in [0.2, 0.25) is 0 Å². The third-order valence-electron chi connectivity index (χ3n) is 4.59. The number of hydrogen-bond donors (Lipinski definition) is 2. The van der Waals surface area contributed by atoms with Gasteiger partial charge in [0.25, 0.3) is 0 Å². The van der Waals surface area contributed by atoms with Gasteiger partial charge < -0.3 is 20.1 Å². The molecule has 0 aromatic heterocycles. The molecule has 0 atom stereocenters. The predicted molar refractivity (Wildman–Crippen MR) is 105 cm³/mol. The Morgan fingerprint density at radius 3 is 2.59 bits per heavy atom. The normalized spacial score (nSPS) is 14.4. The number of carbonyl (C=O) groups excluding carboxylic acids is 1. The highest BCUT2D eigenvalue weighted by molar-refractivity contribution is 5.73. The lowest BCUT2D eigenvalue weighted by Gasteiger charge is -2.27. The van der Waals surface area contributed by atoms with Gasteiger partial charge in [-0.05, 0) is 23.3 Å². The monoisotopic (exact) mass is 405 g/mol. The molecular formula is C21H25F2N3O3. The number of morpholine rings is 1. The van der Waals surface area contributed by atoms with Crippen molar-refractivity contribution in [1.29, 1.82) is 0 Å². The molecule has 2 N–H and O–H groups in total. The fraction of sp³-hybridized carbons (Fsp3) is 0.381. The number of nitrogens with one attached hydrogen (secondary N) is 2. The van der Waals surface area contributed by atoms with Crippen molar-refractivity contribution in [3.63, 3.8) is 0 Å². The Labute approximate surface area is 168 Å². The van der Waals surface area contributed by atoms with E-state index in [9.17, 15) is 13.6 Å². The minimum atomic E-state index is -0.772. The number of urea groups is 1. The third-order valence-corrected chi connectivity index (χ3v) is 4.59. The second kappa shape index (κ2) is 10.7. The molecule has 2 aromatic carbocycles. The van der Waals surface area contributed by atoms with Gasteiger partial charge in [0.1, 0.15) is 12.4 Å². The number of hydrogen-bond acceptors (Lipinski definition) is 4. The predicted octanol–water partition coefficient (Wildman–Crippen LogP) is 2.68. The van der Waals surface area contributed by atoms with Crippen LogP contribution in [-0.4, -0.2) is 50.4 Å². The first-order chi connectivity index (χ1) is 14.1. The Bertz CT molecular complexity index is 814. The fourth-order valence-corrected chi connectivity index (χ4v) is 3.04. The van der Waals surface area contributed by atoms with E-state index in [1.54, 1.807) is 0 Å². The summed E-state index contributed by atoms with van der Waals surface area (Å²) in [5, 5.41) is 5.48. The van der Waals surface area contributed by atoms with Crippen LogP contribution in [0.25, 0.3) is 0 Å². The summed E-state index contributed by atoms with van der Waals surface area (Å²) in [4.78, 5) is 14.3. The van der Waals surface area contributed by atoms with Gasteiger partial charge in [-0.25, -0.2) is 13.6 Å². The van der Waals surface area contributed by atoms with Gasteiger partial charge in [0.05, 0.1) is 19.8 Å². The lowest BCUT2D eigenvalue weighted by Crippen LogP contribution is -2.38. The number of ether oxygens (including phenoxy) is 2. The van der Waals surface area contributed by atoms with Crippen LogP contribution in [0.5, 0.6) is 5.75 Å². The van der Waals surface area contributed by atoms with Crippen LogP contribution in [0.15, 0.2) is 42.5 Å². The molecule has 156 valence electrons. The lowest BCUT2D eigenvalue weighted by atomic mass is 10.1. The van der Waals surface area contributed by atoms with E-state index >= 15 is 0 Å². The van der Waals surface area contributed by atoms with Gasteiger partial charge in [-0.1, -0.05) is 24.3 Å². The Kier molecular flexibility index (Phi) is 7.77. The number of amides is 2. The van der Waals surface area contributed by atoms with Crippen molar-refractivity contribution >= 4 is 6.03 Å². The van der Waals surface area contributed by atoms with Crippen LogP contribution in [-0.2, 0) is 17.8 Å². The summed E-state index contributed by atoms with van der Waals surface area (Å²) in [5.74, 6) is -1.49. The number of nitrogens with zero attached hydrogens (tertiary/aromatic N) is 1. The number of benzene rings is 2. The van der Waals surface area contributed by atoms with Crippen LogP contribution in [0.3, 0.4) is 0 Å². The number of halogens is 2. The summed E-state index contributed by atoms with van der Waals surface area (Å²) in [5.41, 5.74) is 2.23. The van der Waals surface area contributed by atoms with Gasteiger partial charge in [-0.15, -0.1) is 0 Å². The van der Waals surface area contributed by atoms with E-state index in [1.165, 1.54) is 11.6 Å². The Balaban J connectivity index is 1.40. The summed E-state index contributed by atoms with van der Waals surface area (Å²) in [7, 11) is 0. The number of rotatable bonds is 8. The van der Waals surface area contributed by atoms with Crippen molar-refractivity contribution in [3.05, 3.63) is 65.2 Å². The van der Waals surface area contributed by atoms with Gasteiger partial charge in [0.15, 0.2) is 11.6 Å². The standard InChI is InChI=1S/C21H25F2N3O3/c22-18-5-6-20(19(23)13-18)29-10-7-24-21(27)25-14-16-3-1-2-4-17(16)15-26-8-11-28-12-9-26/h1-6,13H,7-12,14-15H2,(H2,24,25,27). The van der Waals surface area contributed by atoms with Gasteiger partial charge in [0, 0.05) is 32.2 Å². The van der Waals surface area contributed by atoms with Gasteiger partial charge in [-0.3, -0.25) is 4.90 Å². The van der Waals surface area contributed by atoms with Crippen molar-refractivity contribution in [3.8, 4) is 5.75 Å². The highest BCUT2D eigenvalue weighted by Gasteiger charge is 2.13. The first kappa shape index (κ1) is 21.0. The number of carbonyl (C=O) groups is 1. The molecule has 0 unspecified atom stereocenters. The SMILES string of the molecule is O=C(NCCOc1ccc(F)cc1F)NCc1ccccc1CN1CCOCC1. The summed E-state index contributed by atoms with van der Waals surface area (Å²) in [6, 6.07) is 10.8. The smallest absolute Gasteiger partial charge is 0.315 e. The zero-order valence-corrected chi connectivity index (χ0v) is 16.1. The van der Waals surface area contributed by atoms with E-state index in [4.69, 9.17) is 9.47 Å². The maximum atomic E-state index is 13.5. The van der Waals surface area contributed by atoms with E-state index in [-0.39, 0.29) is 24.9 Å². The molecule has 8 heteroatoms. The maximum Gasteiger partial charge on any atom is 0.315 e. The molecule has 1 aliphatic rings. The van der Waals surface area contributed by atoms with Crippen LogP contribution < -0.4 is 15.4 Å². The van der Waals surface area contributed by atoms with Crippen molar-refractivity contribution in [2.24, 2.45) is 0 Å². The van der Waals surface area contributed by atoms with Crippen LogP contribution in [0.4, 0.5) is 13.6 Å². The zero-order valence-electron chi connectivity index (χ0n) is 16.1. The second-order valence-electron chi connectivity index (χ2n) is 6.69. The molecule has 2 aromatic rings. The Morgan fingerprint density at radius 1 is 1.07 bits per heavy atom. The first-order valence-electron chi connectivity index (χ1n) is 9.58. The van der Waals surface area contributed by atoms with Crippen LogP contribution >= 0.6 is 0 Å². The summed E-state index contributed by atoms with van der Waals surface area (Å²) in [6.45, 7) is 4.77. The van der Waals surface area contributed by atoms with Crippen molar-refractivity contribution in [1.82, 2.24) is 15.5 Å². The zero-order chi connectivity index (χ0) is 20.5. The molecule has 3 rings (SSSR count). The van der Waals surface area contributed by atoms with Crippen molar-refractivity contribution in [2.45, 2.75) is 13.1 Å². The van der Waals surface area contributed by atoms with Crippen LogP contribution in [0, 0.1) is 11.6 Å². The quantitative estimate of drug-likeness (QED) is 0.663. The molecular weight excluding hydrogens is 380 g/mol. The average Bonchev–Trinajstić information content (AvgIpc) is 2.72. The molecule has 0 radical (unpaired) electrons. The van der Waals surface area contributed by atoms with E-state index in [2.05, 4.69) is 21.6 Å². The molecule has 1 saturated heterocycles. The molecule has 0 spiro atoms. The molecule has 0 saturated carbocycles. The summed E-state index contributed by atoms with van der Waals surface area (Å²) in [6.07, 6.45) is 0. The molecule has 29 heavy (non-hydrogen) atoms. The van der Waals surface area contributed by atoms with E-state index in [0.29, 0.717) is 6.54 Å². The molecule has 1 fully saturated rings. The van der Waals surface area contributed by atoms with Gasteiger partial charge in [-0.2, -0.15) is 0 Å². The summed E-state index contributed by atoms with van der Waals surface area (Å²) >= 11 is 0. The maximum absolute atomic E-state index is 13.5. The van der Waals surface area contributed by atoms with E-state index in [1.807, 2.05) is 18.2 Å². The summed E-state index contributed by atoms with van der Waals surface area (Å²) < 4.78 is 36.9. The van der Waals surface area contributed by atoms with Gasteiger partial charge >= 0.3 is 6.03 Å². The third kappa shape index (κ3) is 6.69. The highest BCUT2D eigenvalue weighted by atomic mass is 19.1. The fourth-order valence-electron chi connectivity index (χ4n) is 3.04. The van der Waals surface area contributed by atoms with Crippen molar-refractivity contribution < 1.29 is 23.0 Å². The molecule has 0 bridgehead atoms. The minimum Gasteiger partial charge on any atom is -0.489 e. The lowest BCUT2D eigenvalue weighted by molar-refractivity contribution is 0.0341. The molecule has 1 heterocycles.